The van der Waals surface area contributed by atoms with Crippen LogP contribution in [0.4, 0.5) is 19.6 Å². The van der Waals surface area contributed by atoms with Gasteiger partial charge < -0.3 is 5.32 Å². The van der Waals surface area contributed by atoms with Gasteiger partial charge in [0.1, 0.15) is 11.6 Å². The number of benzene rings is 3. The van der Waals surface area contributed by atoms with Crippen LogP contribution in [0.25, 0.3) is 16.6 Å². The van der Waals surface area contributed by atoms with Gasteiger partial charge >= 0.3 is 0 Å². The first-order valence-corrected chi connectivity index (χ1v) is 12.2. The van der Waals surface area contributed by atoms with Crippen LogP contribution in [0, 0.1) is 18.6 Å². The average molecular weight is 493 g/mol. The van der Waals surface area contributed by atoms with Crippen LogP contribution < -0.4 is 10.9 Å². The Balaban J connectivity index is 1.46. The average Bonchev–Trinajstić information content (AvgIpc) is 3.27. The van der Waals surface area contributed by atoms with Crippen molar-refractivity contribution in [1.29, 1.82) is 0 Å². The number of rotatable bonds is 6. The number of hydrogen-bond donors (Lipinski definition) is 1. The van der Waals surface area contributed by atoms with E-state index in [0.29, 0.717) is 21.8 Å². The Morgan fingerprint density at radius 3 is 2.62 bits per heavy atom. The van der Waals surface area contributed by atoms with Crippen molar-refractivity contribution < 1.29 is 8.78 Å². The summed E-state index contributed by atoms with van der Waals surface area (Å²) in [7, 11) is 0. The van der Waals surface area contributed by atoms with Crippen LogP contribution in [-0.4, -0.2) is 14.5 Å². The van der Waals surface area contributed by atoms with Crippen LogP contribution >= 0.6 is 23.1 Å². The van der Waals surface area contributed by atoms with E-state index in [-0.39, 0.29) is 5.69 Å². The van der Waals surface area contributed by atoms with Crippen LogP contribution in [0.2, 0.25) is 0 Å². The van der Waals surface area contributed by atoms with Gasteiger partial charge in [-0.15, -0.1) is 11.3 Å². The van der Waals surface area contributed by atoms with Gasteiger partial charge in [-0.2, -0.15) is 0 Å². The monoisotopic (exact) mass is 492 g/mol. The highest BCUT2D eigenvalue weighted by molar-refractivity contribution is 7.98. The molecule has 0 spiro atoms. The van der Waals surface area contributed by atoms with Gasteiger partial charge in [-0.1, -0.05) is 41.6 Å². The lowest BCUT2D eigenvalue weighted by molar-refractivity contribution is 0.572. The predicted octanol–water partition coefficient (Wildman–Crippen LogP) is 6.46. The number of halogens is 2. The number of fused-ring (bicyclic) bond motifs is 1. The third kappa shape index (κ3) is 4.57. The van der Waals surface area contributed by atoms with E-state index < -0.39 is 17.2 Å². The number of anilines is 2. The second-order valence-electron chi connectivity index (χ2n) is 7.57. The summed E-state index contributed by atoms with van der Waals surface area (Å²) in [5.41, 5.74) is 2.95. The van der Waals surface area contributed by atoms with Gasteiger partial charge in [0, 0.05) is 22.9 Å². The summed E-state index contributed by atoms with van der Waals surface area (Å²) in [5, 5.41) is 6.60. The Hall–Kier alpha value is -3.56. The summed E-state index contributed by atoms with van der Waals surface area (Å²) in [6, 6.07) is 18.0. The molecule has 0 radical (unpaired) electrons. The quantitative estimate of drug-likeness (QED) is 0.218. The number of aryl methyl sites for hydroxylation is 1. The van der Waals surface area contributed by atoms with Gasteiger partial charge in [0.05, 0.1) is 22.3 Å². The van der Waals surface area contributed by atoms with Crippen LogP contribution in [-0.2, 0) is 5.75 Å². The second kappa shape index (κ2) is 9.36. The molecular formula is C25H18F2N4OS2. The SMILES string of the molecule is Cc1ccc(Nc2nc(CSc3nc4ccccc4c(=O)n3-c3ccc(F)cc3F)cs2)cc1. The molecule has 170 valence electrons. The van der Waals surface area contributed by atoms with Crippen molar-refractivity contribution in [3.63, 3.8) is 0 Å². The van der Waals surface area contributed by atoms with Crippen molar-refractivity contribution in [2.24, 2.45) is 0 Å². The first kappa shape index (κ1) is 22.2. The van der Waals surface area contributed by atoms with Gasteiger partial charge in [0.25, 0.3) is 5.56 Å². The zero-order chi connectivity index (χ0) is 23.7. The summed E-state index contributed by atoms with van der Waals surface area (Å²) >= 11 is 2.73. The molecule has 0 atom stereocenters. The number of nitrogens with one attached hydrogen (secondary N) is 1. The third-order valence-electron chi connectivity index (χ3n) is 5.10. The van der Waals surface area contributed by atoms with Crippen molar-refractivity contribution in [3.8, 4) is 5.69 Å². The van der Waals surface area contributed by atoms with E-state index in [1.807, 2.05) is 36.6 Å². The minimum Gasteiger partial charge on any atom is -0.332 e. The highest BCUT2D eigenvalue weighted by Gasteiger charge is 2.17. The van der Waals surface area contributed by atoms with E-state index in [1.165, 1.54) is 39.3 Å². The Morgan fingerprint density at radius 1 is 1.03 bits per heavy atom. The fourth-order valence-corrected chi connectivity index (χ4v) is 5.15. The molecule has 3 aromatic carbocycles. The minimum absolute atomic E-state index is 0.0489. The van der Waals surface area contributed by atoms with Crippen LogP contribution in [0.3, 0.4) is 0 Å². The van der Waals surface area contributed by atoms with E-state index in [4.69, 9.17) is 0 Å². The fraction of sp³-hybridized carbons (Fsp3) is 0.0800. The summed E-state index contributed by atoms with van der Waals surface area (Å²) in [4.78, 5) is 22.5. The predicted molar refractivity (Wildman–Crippen MR) is 133 cm³/mol. The molecule has 0 unspecified atom stereocenters. The number of thioether (sulfide) groups is 1. The first-order valence-electron chi connectivity index (χ1n) is 10.4. The van der Waals surface area contributed by atoms with Gasteiger partial charge in [0.2, 0.25) is 0 Å². The molecule has 2 aromatic heterocycles. The standard InChI is InChI=1S/C25H18F2N4OS2/c1-15-6-9-17(10-7-15)28-24-29-18(13-33-24)14-34-25-30-21-5-3-2-4-19(21)23(32)31(25)22-11-8-16(26)12-20(22)27/h2-13H,14H2,1H3,(H,28,29). The summed E-state index contributed by atoms with van der Waals surface area (Å²) in [6.45, 7) is 2.03. The van der Waals surface area contributed by atoms with E-state index in [0.717, 1.165) is 28.6 Å². The molecule has 1 N–H and O–H groups in total. The van der Waals surface area contributed by atoms with Crippen molar-refractivity contribution in [2.45, 2.75) is 17.8 Å². The molecule has 0 saturated heterocycles. The highest BCUT2D eigenvalue weighted by atomic mass is 32.2. The zero-order valence-corrected chi connectivity index (χ0v) is 19.6. The lowest BCUT2D eigenvalue weighted by Gasteiger charge is -2.13. The van der Waals surface area contributed by atoms with Crippen molar-refractivity contribution in [2.75, 3.05) is 5.32 Å². The number of hydrogen-bond acceptors (Lipinski definition) is 6. The Morgan fingerprint density at radius 2 is 1.82 bits per heavy atom. The maximum absolute atomic E-state index is 14.6. The van der Waals surface area contributed by atoms with Crippen molar-refractivity contribution in [3.05, 3.63) is 105 Å². The third-order valence-corrected chi connectivity index (χ3v) is 6.88. The minimum atomic E-state index is -0.834. The van der Waals surface area contributed by atoms with Crippen LogP contribution in [0.1, 0.15) is 11.3 Å². The molecule has 5 aromatic rings. The first-order chi connectivity index (χ1) is 16.5. The summed E-state index contributed by atoms with van der Waals surface area (Å²) < 4.78 is 29.3. The molecule has 0 aliphatic rings. The number of aromatic nitrogens is 3. The molecular weight excluding hydrogens is 474 g/mol. The molecule has 5 rings (SSSR count). The fourth-order valence-electron chi connectivity index (χ4n) is 3.41. The van der Waals surface area contributed by atoms with Crippen molar-refractivity contribution in [1.82, 2.24) is 14.5 Å². The second-order valence-corrected chi connectivity index (χ2v) is 9.37. The Bertz CT molecular complexity index is 1550. The van der Waals surface area contributed by atoms with E-state index in [9.17, 15) is 13.6 Å². The number of nitrogens with zero attached hydrogens (tertiary/aromatic N) is 3. The summed E-state index contributed by atoms with van der Waals surface area (Å²) in [5.74, 6) is -1.13. The maximum Gasteiger partial charge on any atom is 0.266 e. The van der Waals surface area contributed by atoms with E-state index in [2.05, 4.69) is 15.3 Å². The van der Waals surface area contributed by atoms with Gasteiger partial charge in [-0.3, -0.25) is 9.36 Å². The summed E-state index contributed by atoms with van der Waals surface area (Å²) in [6.07, 6.45) is 0. The number of thiazole rings is 1. The number of para-hydroxylation sites is 1. The van der Waals surface area contributed by atoms with E-state index in [1.54, 1.807) is 24.3 Å². The van der Waals surface area contributed by atoms with Gasteiger partial charge in [0.15, 0.2) is 10.3 Å². The van der Waals surface area contributed by atoms with Crippen LogP contribution in [0.5, 0.6) is 0 Å². The zero-order valence-electron chi connectivity index (χ0n) is 18.0. The largest absolute Gasteiger partial charge is 0.332 e. The van der Waals surface area contributed by atoms with Gasteiger partial charge in [-0.25, -0.2) is 18.7 Å². The molecule has 0 aliphatic carbocycles. The van der Waals surface area contributed by atoms with Gasteiger partial charge in [-0.05, 0) is 43.3 Å². The van der Waals surface area contributed by atoms with Crippen molar-refractivity contribution >= 4 is 44.8 Å². The molecule has 0 saturated carbocycles. The molecule has 0 amide bonds. The Labute approximate surface area is 202 Å². The topological polar surface area (TPSA) is 59.8 Å². The Kier molecular flexibility index (Phi) is 6.12. The molecule has 5 nitrogen and oxygen atoms in total. The molecule has 34 heavy (non-hydrogen) atoms. The maximum atomic E-state index is 14.6. The normalized spacial score (nSPS) is 11.1. The molecule has 9 heteroatoms. The molecule has 0 fully saturated rings. The molecule has 0 bridgehead atoms. The smallest absolute Gasteiger partial charge is 0.266 e. The molecule has 2 heterocycles. The highest BCUT2D eigenvalue weighted by Crippen LogP contribution is 2.28. The van der Waals surface area contributed by atoms with E-state index >= 15 is 0 Å². The lowest BCUT2D eigenvalue weighted by atomic mass is 10.2. The molecule has 0 aliphatic heterocycles. The van der Waals surface area contributed by atoms with Crippen LogP contribution in [0.15, 0.2) is 82.1 Å². The lowest BCUT2D eigenvalue weighted by Crippen LogP contribution is -2.22.